The van der Waals surface area contributed by atoms with E-state index in [2.05, 4.69) is 21.2 Å². The minimum Gasteiger partial charge on any atom is -0.497 e. The molecule has 0 saturated carbocycles. The van der Waals surface area contributed by atoms with Gasteiger partial charge in [0.15, 0.2) is 11.6 Å². The van der Waals surface area contributed by atoms with Gasteiger partial charge in [0.05, 0.1) is 30.7 Å². The Balaban J connectivity index is 1.51. The fraction of sp³-hybridized carbons (Fsp3) is 0.171. The number of rotatable bonds is 6. The van der Waals surface area contributed by atoms with E-state index in [0.29, 0.717) is 38.3 Å². The van der Waals surface area contributed by atoms with E-state index in [1.54, 1.807) is 56.7 Å². The van der Waals surface area contributed by atoms with Crippen molar-refractivity contribution in [2.75, 3.05) is 19.5 Å². The van der Waals surface area contributed by atoms with Crippen molar-refractivity contribution in [3.63, 3.8) is 0 Å². The normalized spacial score (nSPS) is 22.9. The third kappa shape index (κ3) is 3.89. The average Bonchev–Trinajstić information content (AvgIpc) is 3.52. The number of anilines is 1. The molecule has 1 N–H and O–H groups in total. The number of ketones is 2. The number of fused-ring (bicyclic) bond motifs is 6. The molecule has 4 aromatic rings. The van der Waals surface area contributed by atoms with Crippen molar-refractivity contribution in [2.24, 2.45) is 5.92 Å². The number of para-hydroxylation sites is 1. The Morgan fingerprint density at radius 3 is 2.33 bits per heavy atom. The molecule has 214 valence electrons. The summed E-state index contributed by atoms with van der Waals surface area (Å²) in [6.45, 7) is 0. The number of nitrogens with zero attached hydrogens (tertiary/aromatic N) is 1. The maximum absolute atomic E-state index is 14.9. The highest BCUT2D eigenvalue weighted by Gasteiger charge is 2.70. The quantitative estimate of drug-likeness (QED) is 0.246. The Labute approximate surface area is 257 Å². The van der Waals surface area contributed by atoms with Crippen LogP contribution in [-0.2, 0) is 10.2 Å². The van der Waals surface area contributed by atoms with Crippen LogP contribution in [0.5, 0.6) is 11.5 Å². The van der Waals surface area contributed by atoms with Gasteiger partial charge in [-0.3, -0.25) is 14.4 Å². The Kier molecular flexibility index (Phi) is 6.47. The molecule has 7 rings (SSSR count). The minimum absolute atomic E-state index is 0.265. The predicted octanol–water partition coefficient (Wildman–Crippen LogP) is 6.45. The zero-order valence-electron chi connectivity index (χ0n) is 23.4. The molecule has 1 fully saturated rings. The molecule has 43 heavy (non-hydrogen) atoms. The molecule has 1 amide bonds. The van der Waals surface area contributed by atoms with Crippen LogP contribution < -0.4 is 14.8 Å². The first kappa shape index (κ1) is 27.2. The van der Waals surface area contributed by atoms with Crippen molar-refractivity contribution >= 4 is 45.2 Å². The summed E-state index contributed by atoms with van der Waals surface area (Å²) in [6.07, 6.45) is 3.81. The van der Waals surface area contributed by atoms with Crippen molar-refractivity contribution < 1.29 is 23.9 Å². The van der Waals surface area contributed by atoms with Gasteiger partial charge in [-0.2, -0.15) is 0 Å². The summed E-state index contributed by atoms with van der Waals surface area (Å²) in [6, 6.07) is 25.7. The third-order valence-electron chi connectivity index (χ3n) is 8.93. The zero-order valence-corrected chi connectivity index (χ0v) is 25.0. The number of amides is 1. The van der Waals surface area contributed by atoms with Gasteiger partial charge in [-0.05, 0) is 87.2 Å². The molecule has 0 bridgehead atoms. The van der Waals surface area contributed by atoms with E-state index in [1.807, 2.05) is 65.7 Å². The summed E-state index contributed by atoms with van der Waals surface area (Å²) < 4.78 is 11.3. The number of hydrogen-bond acceptors (Lipinski definition) is 6. The fourth-order valence-electron chi connectivity index (χ4n) is 7.09. The molecule has 1 spiro atoms. The summed E-state index contributed by atoms with van der Waals surface area (Å²) in [5, 5.41) is 3.07. The third-order valence-corrected chi connectivity index (χ3v) is 9.55. The van der Waals surface area contributed by atoms with Crippen molar-refractivity contribution in [2.45, 2.75) is 17.5 Å². The predicted molar refractivity (Wildman–Crippen MR) is 166 cm³/mol. The second kappa shape index (κ2) is 10.2. The Morgan fingerprint density at radius 2 is 1.58 bits per heavy atom. The first-order valence-electron chi connectivity index (χ1n) is 13.9. The van der Waals surface area contributed by atoms with Crippen LogP contribution in [0.3, 0.4) is 0 Å². The van der Waals surface area contributed by atoms with Crippen molar-refractivity contribution in [1.82, 2.24) is 4.90 Å². The molecular weight excluding hydrogens is 608 g/mol. The molecule has 0 radical (unpaired) electrons. The number of Topliss-reactive ketones (excluding diaryl/α,β-unsaturated/α-hetero) is 2. The highest BCUT2D eigenvalue weighted by atomic mass is 79.9. The highest BCUT2D eigenvalue weighted by Crippen LogP contribution is 2.62. The summed E-state index contributed by atoms with van der Waals surface area (Å²) in [4.78, 5) is 46.1. The van der Waals surface area contributed by atoms with Gasteiger partial charge in [0.2, 0.25) is 5.91 Å². The molecule has 8 heteroatoms. The largest absolute Gasteiger partial charge is 0.497 e. The number of benzene rings is 4. The van der Waals surface area contributed by atoms with Crippen LogP contribution in [0, 0.1) is 5.92 Å². The van der Waals surface area contributed by atoms with Crippen LogP contribution in [0.1, 0.15) is 43.4 Å². The first-order valence-corrected chi connectivity index (χ1v) is 14.7. The maximum Gasteiger partial charge on any atom is 0.238 e. The van der Waals surface area contributed by atoms with E-state index in [-0.39, 0.29) is 17.5 Å². The molecule has 0 aromatic heterocycles. The number of nitrogens with one attached hydrogen (secondary N) is 1. The first-order chi connectivity index (χ1) is 20.9. The molecule has 0 unspecified atom stereocenters. The standard InChI is InChI=1S/C35H27BrN2O5/c1-42-23-14-11-21(12-15-23)31(39)29-30(32(40)22-13-16-28(43-2)26(36)19-22)38-18-17-20-7-3-4-8-24(20)33(38)35(29)25-9-5-6-10-27(25)37-34(35)41/h3-19,29-30,33H,1-2H3,(H,37,41)/t29-,30-,33-,35-/m1/s1. The zero-order chi connectivity index (χ0) is 29.9. The Hall–Kier alpha value is -4.69. The summed E-state index contributed by atoms with van der Waals surface area (Å²) in [5.74, 6) is -0.727. The van der Waals surface area contributed by atoms with Crippen LogP contribution in [0.4, 0.5) is 5.69 Å². The molecule has 3 aliphatic rings. The van der Waals surface area contributed by atoms with E-state index >= 15 is 0 Å². The van der Waals surface area contributed by atoms with Crippen LogP contribution in [-0.4, -0.2) is 42.6 Å². The van der Waals surface area contributed by atoms with Gasteiger partial charge < -0.3 is 19.7 Å². The van der Waals surface area contributed by atoms with Gasteiger partial charge >= 0.3 is 0 Å². The van der Waals surface area contributed by atoms with Crippen LogP contribution in [0.15, 0.2) is 102 Å². The van der Waals surface area contributed by atoms with Gasteiger partial charge in [0, 0.05) is 23.0 Å². The number of carbonyl (C=O) groups excluding carboxylic acids is 3. The fourth-order valence-corrected chi connectivity index (χ4v) is 7.63. The van der Waals surface area contributed by atoms with Crippen LogP contribution in [0.2, 0.25) is 0 Å². The topological polar surface area (TPSA) is 84.9 Å². The lowest BCUT2D eigenvalue weighted by atomic mass is 9.62. The molecule has 3 aliphatic heterocycles. The monoisotopic (exact) mass is 634 g/mol. The lowest BCUT2D eigenvalue weighted by Gasteiger charge is -2.38. The van der Waals surface area contributed by atoms with E-state index in [9.17, 15) is 14.4 Å². The number of methoxy groups -OCH3 is 2. The second-order valence-electron chi connectivity index (χ2n) is 10.9. The van der Waals surface area contributed by atoms with Gasteiger partial charge in [0.1, 0.15) is 23.0 Å². The van der Waals surface area contributed by atoms with E-state index < -0.39 is 23.4 Å². The molecule has 0 aliphatic carbocycles. The molecule has 4 atom stereocenters. The molecular formula is C35H27BrN2O5. The molecule has 3 heterocycles. The molecule has 4 aromatic carbocycles. The number of halogens is 1. The van der Waals surface area contributed by atoms with Crippen molar-refractivity contribution in [1.29, 1.82) is 0 Å². The van der Waals surface area contributed by atoms with Gasteiger partial charge in [-0.1, -0.05) is 42.5 Å². The molecule has 7 nitrogen and oxygen atoms in total. The van der Waals surface area contributed by atoms with Gasteiger partial charge in [-0.15, -0.1) is 0 Å². The summed E-state index contributed by atoms with van der Waals surface area (Å²) >= 11 is 3.51. The molecule has 1 saturated heterocycles. The Morgan fingerprint density at radius 1 is 0.860 bits per heavy atom. The second-order valence-corrected chi connectivity index (χ2v) is 11.7. The lowest BCUT2D eigenvalue weighted by Crippen LogP contribution is -2.49. The average molecular weight is 636 g/mol. The van der Waals surface area contributed by atoms with E-state index in [0.717, 1.165) is 11.1 Å². The van der Waals surface area contributed by atoms with Gasteiger partial charge in [0.25, 0.3) is 0 Å². The van der Waals surface area contributed by atoms with Crippen molar-refractivity contribution in [3.05, 3.63) is 129 Å². The summed E-state index contributed by atoms with van der Waals surface area (Å²) in [5.41, 5.74) is 2.59. The maximum atomic E-state index is 14.9. The number of carbonyl (C=O) groups is 3. The number of hydrogen-bond donors (Lipinski definition) is 1. The van der Waals surface area contributed by atoms with Crippen molar-refractivity contribution in [3.8, 4) is 11.5 Å². The highest BCUT2D eigenvalue weighted by molar-refractivity contribution is 9.10. The van der Waals surface area contributed by atoms with Gasteiger partial charge in [-0.25, -0.2) is 0 Å². The van der Waals surface area contributed by atoms with Crippen LogP contribution in [0.25, 0.3) is 6.08 Å². The SMILES string of the molecule is COc1ccc(C(=O)[C@H]2[C@H](C(=O)c3ccc(OC)c(Br)c3)N3C=Cc4ccccc4[C@@H]3[C@]23C(=O)Nc2ccccc23)cc1. The van der Waals surface area contributed by atoms with E-state index in [4.69, 9.17) is 9.47 Å². The number of ether oxygens (including phenoxy) is 2. The lowest BCUT2D eigenvalue weighted by molar-refractivity contribution is -0.122. The Bertz CT molecular complexity index is 1830. The smallest absolute Gasteiger partial charge is 0.238 e. The minimum atomic E-state index is -1.39. The van der Waals surface area contributed by atoms with Crippen LogP contribution >= 0.6 is 15.9 Å². The summed E-state index contributed by atoms with van der Waals surface area (Å²) in [7, 11) is 3.12. The van der Waals surface area contributed by atoms with E-state index in [1.165, 1.54) is 0 Å².